The first kappa shape index (κ1) is 16.0. The van der Waals surface area contributed by atoms with E-state index in [1.54, 1.807) is 12.1 Å². The number of aromatic nitrogens is 2. The van der Waals surface area contributed by atoms with Crippen LogP contribution in [0.4, 0.5) is 18.3 Å². The highest BCUT2D eigenvalue weighted by Crippen LogP contribution is 2.33. The highest BCUT2D eigenvalue weighted by molar-refractivity contribution is 7.91. The van der Waals surface area contributed by atoms with Crippen molar-refractivity contribution >= 4 is 26.3 Å². The van der Waals surface area contributed by atoms with Gasteiger partial charge in [0.15, 0.2) is 9.84 Å². The number of benzene rings is 1. The lowest BCUT2D eigenvalue weighted by Gasteiger charge is -2.25. The van der Waals surface area contributed by atoms with Crippen LogP contribution in [0.15, 0.2) is 29.2 Å². The van der Waals surface area contributed by atoms with Gasteiger partial charge in [0, 0.05) is 0 Å². The van der Waals surface area contributed by atoms with Crippen molar-refractivity contribution in [3.63, 3.8) is 0 Å². The van der Waals surface area contributed by atoms with Crippen LogP contribution in [0.25, 0.3) is 0 Å². The smallest absolute Gasteiger partial charge is 0.445 e. The van der Waals surface area contributed by atoms with Gasteiger partial charge >= 0.3 is 6.18 Å². The number of para-hydroxylation sites is 1. The summed E-state index contributed by atoms with van der Waals surface area (Å²) >= 11 is 0.351. The molecule has 3 rings (SSSR count). The van der Waals surface area contributed by atoms with Crippen molar-refractivity contribution < 1.29 is 26.3 Å². The first-order valence-corrected chi connectivity index (χ1v) is 8.85. The molecule has 0 spiro atoms. The van der Waals surface area contributed by atoms with Crippen molar-refractivity contribution in [3.05, 3.63) is 29.3 Å². The van der Waals surface area contributed by atoms with Crippen LogP contribution in [-0.4, -0.2) is 37.0 Å². The first-order chi connectivity index (χ1) is 10.8. The van der Waals surface area contributed by atoms with E-state index in [0.29, 0.717) is 11.3 Å². The number of nitrogens with zero attached hydrogens (tertiary/aromatic N) is 2. The molecule has 0 aliphatic carbocycles. The summed E-state index contributed by atoms with van der Waals surface area (Å²) in [6, 6.07) is 6.23. The summed E-state index contributed by atoms with van der Waals surface area (Å²) in [6.45, 7) is 0.0000543. The lowest BCUT2D eigenvalue weighted by atomic mass is 10.3. The second kappa shape index (κ2) is 5.64. The van der Waals surface area contributed by atoms with E-state index < -0.39 is 27.1 Å². The summed E-state index contributed by atoms with van der Waals surface area (Å²) in [4.78, 5) is 0.117. The molecule has 0 bridgehead atoms. The van der Waals surface area contributed by atoms with E-state index in [1.807, 2.05) is 0 Å². The summed E-state index contributed by atoms with van der Waals surface area (Å²) in [5.41, 5.74) is 0. The Morgan fingerprint density at radius 3 is 2.74 bits per heavy atom. The molecule has 0 radical (unpaired) electrons. The molecule has 1 unspecified atom stereocenters. The van der Waals surface area contributed by atoms with Gasteiger partial charge in [0.2, 0.25) is 10.1 Å². The second-order valence-electron chi connectivity index (χ2n) is 4.76. The normalized spacial score (nSPS) is 19.7. The average molecular weight is 365 g/mol. The van der Waals surface area contributed by atoms with E-state index in [-0.39, 0.29) is 28.1 Å². The second-order valence-corrected chi connectivity index (χ2v) is 7.74. The zero-order chi connectivity index (χ0) is 16.7. The van der Waals surface area contributed by atoms with Gasteiger partial charge in [-0.3, -0.25) is 0 Å². The zero-order valence-electron chi connectivity index (χ0n) is 11.4. The van der Waals surface area contributed by atoms with Crippen molar-refractivity contribution in [1.29, 1.82) is 0 Å². The molecule has 124 valence electrons. The fourth-order valence-electron chi connectivity index (χ4n) is 2.06. The van der Waals surface area contributed by atoms with Crippen molar-refractivity contribution in [2.24, 2.45) is 0 Å². The maximum atomic E-state index is 12.4. The fraction of sp³-hybridized carbons (Fsp3) is 0.333. The number of fused-ring (bicyclic) bond motifs is 1. The van der Waals surface area contributed by atoms with E-state index in [1.165, 1.54) is 12.1 Å². The minimum atomic E-state index is -4.55. The largest absolute Gasteiger partial charge is 0.486 e. The molecule has 1 atom stereocenters. The van der Waals surface area contributed by atoms with Crippen LogP contribution in [0, 0.1) is 0 Å². The number of anilines is 1. The Bertz CT molecular complexity index is 820. The van der Waals surface area contributed by atoms with Crippen LogP contribution in [0.5, 0.6) is 5.75 Å². The Labute approximate surface area is 133 Å². The molecule has 2 heterocycles. The number of nitrogens with one attached hydrogen (secondary N) is 1. The van der Waals surface area contributed by atoms with E-state index >= 15 is 0 Å². The molecule has 1 aromatic carbocycles. The third kappa shape index (κ3) is 3.39. The number of rotatable bonds is 3. The molecule has 23 heavy (non-hydrogen) atoms. The standard InChI is InChI=1S/C12H10F3N3O3S2/c13-12(14,15)10-17-18-11(22-10)16-5-7-6-23(19,20)9-4-2-1-3-8(9)21-7/h1-4,7H,5-6H2,(H,16,18). The Kier molecular flexibility index (Phi) is 3.92. The highest BCUT2D eigenvalue weighted by atomic mass is 32.2. The van der Waals surface area contributed by atoms with Crippen LogP contribution in [0.1, 0.15) is 5.01 Å². The number of hydrogen-bond donors (Lipinski definition) is 1. The van der Waals surface area contributed by atoms with Crippen LogP contribution < -0.4 is 10.1 Å². The van der Waals surface area contributed by atoms with E-state index in [2.05, 4.69) is 15.5 Å². The highest BCUT2D eigenvalue weighted by Gasteiger charge is 2.36. The summed E-state index contributed by atoms with van der Waals surface area (Å²) < 4.78 is 67.2. The maximum absolute atomic E-state index is 12.4. The van der Waals surface area contributed by atoms with Gasteiger partial charge in [-0.1, -0.05) is 23.5 Å². The monoisotopic (exact) mass is 365 g/mol. The fourth-order valence-corrected chi connectivity index (χ4v) is 4.24. The molecule has 1 aliphatic rings. The molecule has 2 aromatic rings. The number of ether oxygens (including phenoxy) is 1. The SMILES string of the molecule is O=S1(=O)CC(CNc2nnc(C(F)(F)F)s2)Oc2ccccc21. The summed E-state index contributed by atoms with van der Waals surface area (Å²) in [5.74, 6) is -0.0270. The molecule has 1 aliphatic heterocycles. The molecule has 1 aromatic heterocycles. The van der Waals surface area contributed by atoms with Crippen LogP contribution in [-0.2, 0) is 16.0 Å². The minimum Gasteiger partial charge on any atom is -0.486 e. The van der Waals surface area contributed by atoms with E-state index in [0.717, 1.165) is 0 Å². The number of halogens is 3. The van der Waals surface area contributed by atoms with Gasteiger partial charge in [-0.2, -0.15) is 13.2 Å². The molecule has 0 fully saturated rings. The Morgan fingerprint density at radius 2 is 2.04 bits per heavy atom. The first-order valence-electron chi connectivity index (χ1n) is 6.39. The summed E-state index contributed by atoms with van der Waals surface area (Å²) in [6.07, 6.45) is -5.28. The van der Waals surface area contributed by atoms with Crippen molar-refractivity contribution in [3.8, 4) is 5.75 Å². The van der Waals surface area contributed by atoms with Crippen LogP contribution in [0.3, 0.4) is 0 Å². The molecule has 0 saturated carbocycles. The molecule has 6 nitrogen and oxygen atoms in total. The topological polar surface area (TPSA) is 81.2 Å². The van der Waals surface area contributed by atoms with Gasteiger partial charge in [0.1, 0.15) is 16.7 Å². The van der Waals surface area contributed by atoms with Gasteiger partial charge in [-0.25, -0.2) is 8.42 Å². The number of hydrogen-bond acceptors (Lipinski definition) is 7. The lowest BCUT2D eigenvalue weighted by Crippen LogP contribution is -2.37. The Balaban J connectivity index is 1.70. The van der Waals surface area contributed by atoms with Gasteiger partial charge < -0.3 is 10.1 Å². The van der Waals surface area contributed by atoms with Crippen molar-refractivity contribution in [2.75, 3.05) is 17.6 Å². The maximum Gasteiger partial charge on any atom is 0.445 e. The molecule has 1 N–H and O–H groups in total. The minimum absolute atomic E-state index is 0.0000543. The van der Waals surface area contributed by atoms with E-state index in [9.17, 15) is 21.6 Å². The van der Waals surface area contributed by atoms with Crippen LogP contribution >= 0.6 is 11.3 Å². The molecule has 11 heteroatoms. The molecule has 0 saturated heterocycles. The Morgan fingerprint density at radius 1 is 1.30 bits per heavy atom. The van der Waals surface area contributed by atoms with Crippen LogP contribution in [0.2, 0.25) is 0 Å². The Hall–Kier alpha value is -1.88. The van der Waals surface area contributed by atoms with Crippen molar-refractivity contribution in [1.82, 2.24) is 10.2 Å². The quantitative estimate of drug-likeness (QED) is 0.898. The van der Waals surface area contributed by atoms with Gasteiger partial charge in [0.25, 0.3) is 0 Å². The van der Waals surface area contributed by atoms with Crippen molar-refractivity contribution in [2.45, 2.75) is 17.2 Å². The van der Waals surface area contributed by atoms with E-state index in [4.69, 9.17) is 4.74 Å². The lowest BCUT2D eigenvalue weighted by molar-refractivity contribution is -0.138. The third-order valence-corrected chi connectivity index (χ3v) is 5.78. The zero-order valence-corrected chi connectivity index (χ0v) is 13.0. The average Bonchev–Trinajstić information content (AvgIpc) is 2.93. The number of sulfone groups is 1. The predicted molar refractivity (Wildman–Crippen MR) is 76.3 cm³/mol. The number of alkyl halides is 3. The van der Waals surface area contributed by atoms with Gasteiger partial charge in [-0.15, -0.1) is 10.2 Å². The predicted octanol–water partition coefficient (Wildman–Crippen LogP) is 2.20. The van der Waals surface area contributed by atoms with Gasteiger partial charge in [0.05, 0.1) is 12.3 Å². The molecule has 0 amide bonds. The summed E-state index contributed by atoms with van der Waals surface area (Å²) in [7, 11) is -3.49. The summed E-state index contributed by atoms with van der Waals surface area (Å²) in [5, 5.41) is 7.94. The molecular formula is C12H10F3N3O3S2. The molecular weight excluding hydrogens is 355 g/mol. The van der Waals surface area contributed by atoms with Gasteiger partial charge in [-0.05, 0) is 12.1 Å². The third-order valence-electron chi connectivity index (χ3n) is 3.03.